The van der Waals surface area contributed by atoms with E-state index in [4.69, 9.17) is 9.32 Å². The third-order valence-electron chi connectivity index (χ3n) is 2.66. The molecular formula is C8H17NO3S. The highest BCUT2D eigenvalue weighted by atomic mass is 32.2. The van der Waals surface area contributed by atoms with Crippen LogP contribution in [0.15, 0.2) is 0 Å². The molecule has 1 unspecified atom stereocenters. The molecule has 78 valence electrons. The van der Waals surface area contributed by atoms with E-state index in [1.807, 2.05) is 13.8 Å². The lowest BCUT2D eigenvalue weighted by Crippen LogP contribution is -2.38. The fourth-order valence-electron chi connectivity index (χ4n) is 1.80. The smallest absolute Gasteiger partial charge is 0.254 e. The van der Waals surface area contributed by atoms with Crippen LogP contribution in [0, 0.1) is 5.41 Å². The number of nitrogens with two attached hydrogens (primary N) is 1. The summed E-state index contributed by atoms with van der Waals surface area (Å²) >= 11 is 0. The van der Waals surface area contributed by atoms with Crippen molar-refractivity contribution in [3.63, 3.8) is 0 Å². The summed E-state index contributed by atoms with van der Waals surface area (Å²) in [6.07, 6.45) is 3.67. The topological polar surface area (TPSA) is 69.4 Å². The highest BCUT2D eigenvalue weighted by molar-refractivity contribution is 7.84. The molecule has 1 rings (SSSR count). The van der Waals surface area contributed by atoms with Gasteiger partial charge in [-0.2, -0.15) is 8.42 Å². The van der Waals surface area contributed by atoms with Gasteiger partial charge in [-0.05, 0) is 18.3 Å². The monoisotopic (exact) mass is 207 g/mol. The Morgan fingerprint density at radius 3 is 2.46 bits per heavy atom. The molecule has 13 heavy (non-hydrogen) atoms. The van der Waals surface area contributed by atoms with Crippen LogP contribution in [-0.2, 0) is 14.5 Å². The Labute approximate surface area is 79.7 Å². The molecule has 2 N–H and O–H groups in total. The minimum atomic E-state index is -3.79. The van der Waals surface area contributed by atoms with Crippen molar-refractivity contribution in [2.45, 2.75) is 45.6 Å². The third kappa shape index (κ3) is 3.25. The highest BCUT2D eigenvalue weighted by Crippen LogP contribution is 2.37. The molecule has 4 nitrogen and oxygen atoms in total. The van der Waals surface area contributed by atoms with Crippen molar-refractivity contribution in [3.8, 4) is 0 Å². The van der Waals surface area contributed by atoms with Crippen molar-refractivity contribution < 1.29 is 12.6 Å². The summed E-state index contributed by atoms with van der Waals surface area (Å²) < 4.78 is 26.3. The number of hydrogen-bond donors (Lipinski definition) is 1. The van der Waals surface area contributed by atoms with Crippen molar-refractivity contribution in [1.82, 2.24) is 0 Å². The van der Waals surface area contributed by atoms with Crippen LogP contribution in [0.3, 0.4) is 0 Å². The van der Waals surface area contributed by atoms with E-state index >= 15 is 0 Å². The normalized spacial score (nSPS) is 28.7. The molecule has 1 aliphatic rings. The van der Waals surface area contributed by atoms with Gasteiger partial charge in [0.1, 0.15) is 0 Å². The van der Waals surface area contributed by atoms with Gasteiger partial charge in [0.25, 0.3) is 0 Å². The fraction of sp³-hybridized carbons (Fsp3) is 1.00. The zero-order valence-corrected chi connectivity index (χ0v) is 8.93. The van der Waals surface area contributed by atoms with Gasteiger partial charge in [0.2, 0.25) is 0 Å². The summed E-state index contributed by atoms with van der Waals surface area (Å²) in [6, 6.07) is 0. The molecule has 5 heteroatoms. The maximum atomic E-state index is 10.7. The van der Waals surface area contributed by atoms with Gasteiger partial charge in [0.05, 0.1) is 6.10 Å². The lowest BCUT2D eigenvalue weighted by molar-refractivity contribution is 0.0391. The third-order valence-corrected chi connectivity index (χ3v) is 3.16. The molecular weight excluding hydrogens is 190 g/mol. The van der Waals surface area contributed by atoms with E-state index in [9.17, 15) is 8.42 Å². The van der Waals surface area contributed by atoms with Gasteiger partial charge in [-0.3, -0.25) is 4.18 Å². The second-order valence-corrected chi connectivity index (χ2v) is 5.49. The largest absolute Gasteiger partial charge is 0.333 e. The van der Waals surface area contributed by atoms with Crippen LogP contribution in [0.5, 0.6) is 0 Å². The predicted octanol–water partition coefficient (Wildman–Crippen LogP) is 1.18. The van der Waals surface area contributed by atoms with Crippen LogP contribution >= 0.6 is 0 Å². The van der Waals surface area contributed by atoms with Crippen LogP contribution < -0.4 is 5.14 Å². The molecule has 0 heterocycles. The maximum Gasteiger partial charge on any atom is 0.333 e. The van der Waals surface area contributed by atoms with Gasteiger partial charge in [-0.1, -0.05) is 26.7 Å². The van der Waals surface area contributed by atoms with E-state index in [1.54, 1.807) is 0 Å². The quantitative estimate of drug-likeness (QED) is 0.739. The average molecular weight is 207 g/mol. The molecule has 0 amide bonds. The Bertz CT molecular complexity index is 271. The number of hydrogen-bond acceptors (Lipinski definition) is 3. The Morgan fingerprint density at radius 2 is 2.00 bits per heavy atom. The Morgan fingerprint density at radius 1 is 1.38 bits per heavy atom. The molecule has 0 aromatic heterocycles. The van der Waals surface area contributed by atoms with Gasteiger partial charge in [0.15, 0.2) is 0 Å². The second-order valence-electron chi connectivity index (χ2n) is 4.31. The van der Waals surface area contributed by atoms with Gasteiger partial charge >= 0.3 is 10.3 Å². The molecule has 0 radical (unpaired) electrons. The zero-order chi connectivity index (χ0) is 10.1. The Balaban J connectivity index is 2.67. The fourth-order valence-corrected chi connectivity index (χ4v) is 2.48. The van der Waals surface area contributed by atoms with Gasteiger partial charge < -0.3 is 0 Å². The maximum absolute atomic E-state index is 10.7. The van der Waals surface area contributed by atoms with Crippen LogP contribution in [0.2, 0.25) is 0 Å². The first-order chi connectivity index (χ1) is 5.81. The van der Waals surface area contributed by atoms with Crippen LogP contribution in [0.25, 0.3) is 0 Å². The van der Waals surface area contributed by atoms with Crippen LogP contribution in [0.4, 0.5) is 0 Å². The Hall–Kier alpha value is -0.130. The van der Waals surface area contributed by atoms with E-state index in [0.717, 1.165) is 25.7 Å². The first kappa shape index (κ1) is 10.9. The minimum Gasteiger partial charge on any atom is -0.254 e. The van der Waals surface area contributed by atoms with E-state index in [0.29, 0.717) is 0 Å². The molecule has 1 saturated carbocycles. The average Bonchev–Trinajstić information content (AvgIpc) is 1.91. The van der Waals surface area contributed by atoms with Crippen molar-refractivity contribution >= 4 is 10.3 Å². The molecule has 0 aromatic rings. The van der Waals surface area contributed by atoms with E-state index in [1.165, 1.54) is 0 Å². The SMILES string of the molecule is CC1(C)CCCCC1OS(N)(=O)=O. The highest BCUT2D eigenvalue weighted by Gasteiger charge is 2.35. The van der Waals surface area contributed by atoms with Gasteiger partial charge in [-0.25, -0.2) is 5.14 Å². The second kappa shape index (κ2) is 3.55. The summed E-state index contributed by atoms with van der Waals surface area (Å²) in [6.45, 7) is 4.03. The number of rotatable bonds is 2. The standard InChI is InChI=1S/C8H17NO3S/c1-8(2)6-4-3-5-7(8)12-13(9,10)11/h7H,3-6H2,1-2H3,(H2,9,10,11). The summed E-state index contributed by atoms with van der Waals surface area (Å²) in [5, 5.41) is 4.84. The molecule has 1 fully saturated rings. The van der Waals surface area contributed by atoms with Crippen molar-refractivity contribution in [1.29, 1.82) is 0 Å². The summed E-state index contributed by atoms with van der Waals surface area (Å²) in [5.74, 6) is 0. The first-order valence-electron chi connectivity index (χ1n) is 4.52. The van der Waals surface area contributed by atoms with Crippen molar-refractivity contribution in [2.24, 2.45) is 10.6 Å². The summed E-state index contributed by atoms with van der Waals surface area (Å²) in [7, 11) is -3.79. The lowest BCUT2D eigenvalue weighted by Gasteiger charge is -2.36. The predicted molar refractivity (Wildman–Crippen MR) is 50.2 cm³/mol. The Kier molecular flexibility index (Phi) is 2.99. The van der Waals surface area contributed by atoms with E-state index in [2.05, 4.69) is 0 Å². The molecule has 1 atom stereocenters. The summed E-state index contributed by atoms with van der Waals surface area (Å²) in [5.41, 5.74) is -0.0787. The molecule has 1 aliphatic carbocycles. The van der Waals surface area contributed by atoms with E-state index in [-0.39, 0.29) is 11.5 Å². The van der Waals surface area contributed by atoms with E-state index < -0.39 is 10.3 Å². The van der Waals surface area contributed by atoms with Crippen LogP contribution in [-0.4, -0.2) is 14.5 Å². The van der Waals surface area contributed by atoms with Crippen molar-refractivity contribution in [2.75, 3.05) is 0 Å². The molecule has 0 spiro atoms. The zero-order valence-electron chi connectivity index (χ0n) is 8.12. The molecule has 0 saturated heterocycles. The van der Waals surface area contributed by atoms with Gasteiger partial charge in [0, 0.05) is 0 Å². The minimum absolute atomic E-state index is 0.0787. The molecule has 0 aromatic carbocycles. The summed E-state index contributed by atoms with van der Waals surface area (Å²) in [4.78, 5) is 0. The van der Waals surface area contributed by atoms with Gasteiger partial charge in [-0.15, -0.1) is 0 Å². The van der Waals surface area contributed by atoms with Crippen LogP contribution in [0.1, 0.15) is 39.5 Å². The lowest BCUT2D eigenvalue weighted by atomic mass is 9.75. The van der Waals surface area contributed by atoms with Crippen molar-refractivity contribution in [3.05, 3.63) is 0 Å². The molecule has 0 bridgehead atoms. The molecule has 0 aliphatic heterocycles. The first-order valence-corrected chi connectivity index (χ1v) is 5.99.